The first kappa shape index (κ1) is 17.5. The summed E-state index contributed by atoms with van der Waals surface area (Å²) in [6.07, 6.45) is 0.704. The summed E-state index contributed by atoms with van der Waals surface area (Å²) in [6, 6.07) is 6.05. The van der Waals surface area contributed by atoms with E-state index in [1.54, 1.807) is 32.0 Å². The van der Waals surface area contributed by atoms with Crippen molar-refractivity contribution in [1.29, 1.82) is 0 Å². The second kappa shape index (κ2) is 7.63. The lowest BCUT2D eigenvalue weighted by Gasteiger charge is -2.28. The molecule has 0 atom stereocenters. The van der Waals surface area contributed by atoms with E-state index in [4.69, 9.17) is 4.74 Å². The largest absolute Gasteiger partial charge is 0.462 e. The zero-order valence-electron chi connectivity index (χ0n) is 13.9. The molecule has 0 aromatic heterocycles. The number of nitrogens with zero attached hydrogens (tertiary/aromatic N) is 2. The molecule has 1 fully saturated rings. The maximum Gasteiger partial charge on any atom is 0.340 e. The van der Waals surface area contributed by atoms with E-state index in [2.05, 4.69) is 11.9 Å². The first-order valence-electron chi connectivity index (χ1n) is 7.77. The van der Waals surface area contributed by atoms with E-state index < -0.39 is 12.0 Å². The molecule has 0 unspecified atom stereocenters. The Morgan fingerprint density at radius 2 is 1.96 bits per heavy atom. The highest BCUT2D eigenvalue weighted by Crippen LogP contribution is 2.17. The average molecular weight is 331 g/mol. The predicted octanol–water partition coefficient (Wildman–Crippen LogP) is 2.42. The van der Waals surface area contributed by atoms with Gasteiger partial charge in [-0.3, -0.25) is 4.79 Å². The predicted molar refractivity (Wildman–Crippen MR) is 89.3 cm³/mol. The summed E-state index contributed by atoms with van der Waals surface area (Å²) in [5.74, 6) is -0.725. The molecule has 1 heterocycles. The first-order valence-corrected chi connectivity index (χ1v) is 7.77. The van der Waals surface area contributed by atoms with Gasteiger partial charge in [0.2, 0.25) is 0 Å². The smallest absolute Gasteiger partial charge is 0.340 e. The van der Waals surface area contributed by atoms with Gasteiger partial charge < -0.3 is 10.1 Å². The molecule has 7 nitrogen and oxygen atoms in total. The number of rotatable bonds is 4. The number of anilines is 1. The van der Waals surface area contributed by atoms with E-state index in [1.165, 1.54) is 16.1 Å². The highest BCUT2D eigenvalue weighted by molar-refractivity contribution is 5.97. The number of hydrogen-bond donors (Lipinski definition) is 1. The second-order valence-electron chi connectivity index (χ2n) is 5.42. The Kier molecular flexibility index (Phi) is 5.57. The van der Waals surface area contributed by atoms with Crippen molar-refractivity contribution in [3.05, 3.63) is 42.0 Å². The van der Waals surface area contributed by atoms with Gasteiger partial charge in [-0.2, -0.15) is 0 Å². The number of hydrazine groups is 1. The fraction of sp³-hybridized carbons (Fsp3) is 0.353. The van der Waals surface area contributed by atoms with Crippen molar-refractivity contribution in [1.82, 2.24) is 10.0 Å². The molecule has 1 aliphatic heterocycles. The molecule has 2 rings (SSSR count). The van der Waals surface area contributed by atoms with Crippen LogP contribution in [0.2, 0.25) is 0 Å². The normalized spacial score (nSPS) is 13.6. The van der Waals surface area contributed by atoms with Crippen LogP contribution in [0.3, 0.4) is 0 Å². The Morgan fingerprint density at radius 3 is 2.62 bits per heavy atom. The highest BCUT2D eigenvalue weighted by atomic mass is 16.5. The molecular formula is C17H21N3O4. The van der Waals surface area contributed by atoms with Crippen LogP contribution in [0, 0.1) is 0 Å². The number of esters is 1. The minimum atomic E-state index is -0.450. The number of hydrogen-bond acceptors (Lipinski definition) is 4. The van der Waals surface area contributed by atoms with E-state index in [9.17, 15) is 14.4 Å². The Hall–Kier alpha value is -2.83. The molecule has 1 saturated heterocycles. The Morgan fingerprint density at radius 1 is 1.25 bits per heavy atom. The molecular weight excluding hydrogens is 310 g/mol. The Balaban J connectivity index is 2.09. The van der Waals surface area contributed by atoms with E-state index in [1.807, 2.05) is 0 Å². The van der Waals surface area contributed by atoms with Gasteiger partial charge in [0.05, 0.1) is 12.2 Å². The Labute approximate surface area is 140 Å². The zero-order valence-corrected chi connectivity index (χ0v) is 13.9. The number of nitrogens with one attached hydrogen (secondary N) is 1. The number of carbonyl (C=O) groups is 3. The van der Waals surface area contributed by atoms with Crippen molar-refractivity contribution in [2.24, 2.45) is 0 Å². The third-order valence-electron chi connectivity index (χ3n) is 3.49. The fourth-order valence-electron chi connectivity index (χ4n) is 2.38. The summed E-state index contributed by atoms with van der Waals surface area (Å²) in [7, 11) is 0. The maximum absolute atomic E-state index is 12.4. The summed E-state index contributed by atoms with van der Waals surface area (Å²) in [6.45, 7) is 8.16. The lowest BCUT2D eigenvalue weighted by Crippen LogP contribution is -2.46. The third-order valence-corrected chi connectivity index (χ3v) is 3.49. The average Bonchev–Trinajstić information content (AvgIpc) is 3.04. The topological polar surface area (TPSA) is 79.0 Å². The standard InChI is InChI=1S/C17H21N3O4/c1-4-24-16(22)13-7-5-8-14(11-13)18-17(23)20-10-6-9-19(20)15(21)12(2)3/h5,7-8,11H,2,4,6,9-10H2,1,3H3,(H,18,23). The lowest BCUT2D eigenvalue weighted by molar-refractivity contribution is -0.135. The van der Waals surface area contributed by atoms with E-state index >= 15 is 0 Å². The number of urea groups is 1. The maximum atomic E-state index is 12.4. The van der Waals surface area contributed by atoms with Crippen molar-refractivity contribution < 1.29 is 19.1 Å². The molecule has 1 aliphatic rings. The van der Waals surface area contributed by atoms with E-state index in [-0.39, 0.29) is 12.5 Å². The van der Waals surface area contributed by atoms with Crippen LogP contribution < -0.4 is 5.32 Å². The van der Waals surface area contributed by atoms with Gasteiger partial charge in [0.1, 0.15) is 0 Å². The van der Waals surface area contributed by atoms with Gasteiger partial charge >= 0.3 is 12.0 Å². The molecule has 0 radical (unpaired) electrons. The number of carbonyl (C=O) groups excluding carboxylic acids is 3. The molecule has 0 aliphatic carbocycles. The molecule has 0 bridgehead atoms. The quantitative estimate of drug-likeness (QED) is 0.679. The second-order valence-corrected chi connectivity index (χ2v) is 5.42. The van der Waals surface area contributed by atoms with Crippen LogP contribution >= 0.6 is 0 Å². The van der Waals surface area contributed by atoms with Crippen LogP contribution in [-0.4, -0.2) is 47.6 Å². The molecule has 24 heavy (non-hydrogen) atoms. The van der Waals surface area contributed by atoms with Gasteiger partial charge in [-0.15, -0.1) is 0 Å². The van der Waals surface area contributed by atoms with Crippen LogP contribution in [0.5, 0.6) is 0 Å². The summed E-state index contributed by atoms with van der Waals surface area (Å²) < 4.78 is 4.94. The molecule has 0 spiro atoms. The number of amides is 3. The van der Waals surface area contributed by atoms with Crippen molar-refractivity contribution in [2.45, 2.75) is 20.3 Å². The molecule has 1 N–H and O–H groups in total. The number of benzene rings is 1. The van der Waals surface area contributed by atoms with Crippen LogP contribution in [0.4, 0.5) is 10.5 Å². The van der Waals surface area contributed by atoms with Crippen LogP contribution in [-0.2, 0) is 9.53 Å². The van der Waals surface area contributed by atoms with Gasteiger partial charge in [-0.25, -0.2) is 19.6 Å². The van der Waals surface area contributed by atoms with Crippen molar-refractivity contribution in [3.8, 4) is 0 Å². The molecule has 128 valence electrons. The number of ether oxygens (including phenoxy) is 1. The minimum Gasteiger partial charge on any atom is -0.462 e. The summed E-state index contributed by atoms with van der Waals surface area (Å²) >= 11 is 0. The third kappa shape index (κ3) is 3.92. The van der Waals surface area contributed by atoms with Gasteiger partial charge in [-0.1, -0.05) is 12.6 Å². The highest BCUT2D eigenvalue weighted by Gasteiger charge is 2.30. The fourth-order valence-corrected chi connectivity index (χ4v) is 2.38. The summed E-state index contributed by atoms with van der Waals surface area (Å²) in [5, 5.41) is 5.44. The van der Waals surface area contributed by atoms with Gasteiger partial charge in [0.15, 0.2) is 0 Å². The summed E-state index contributed by atoms with van der Waals surface area (Å²) in [5.41, 5.74) is 1.19. The first-order chi connectivity index (χ1) is 11.4. The Bertz CT molecular complexity index is 672. The zero-order chi connectivity index (χ0) is 17.7. The van der Waals surface area contributed by atoms with Crippen molar-refractivity contribution in [3.63, 3.8) is 0 Å². The van der Waals surface area contributed by atoms with Crippen LogP contribution in [0.25, 0.3) is 0 Å². The van der Waals surface area contributed by atoms with E-state index in [0.29, 0.717) is 36.3 Å². The molecule has 1 aromatic carbocycles. The van der Waals surface area contributed by atoms with Gasteiger partial charge in [-0.05, 0) is 38.5 Å². The van der Waals surface area contributed by atoms with E-state index in [0.717, 1.165) is 0 Å². The monoisotopic (exact) mass is 331 g/mol. The molecule has 1 aromatic rings. The van der Waals surface area contributed by atoms with Gasteiger partial charge in [0, 0.05) is 24.4 Å². The molecule has 3 amide bonds. The van der Waals surface area contributed by atoms with Crippen LogP contribution in [0.15, 0.2) is 36.4 Å². The molecule has 0 saturated carbocycles. The lowest BCUT2D eigenvalue weighted by atomic mass is 10.2. The van der Waals surface area contributed by atoms with Crippen molar-refractivity contribution in [2.75, 3.05) is 25.0 Å². The minimum absolute atomic E-state index is 0.275. The van der Waals surface area contributed by atoms with Crippen molar-refractivity contribution >= 4 is 23.6 Å². The van der Waals surface area contributed by atoms with Crippen LogP contribution in [0.1, 0.15) is 30.6 Å². The summed E-state index contributed by atoms with van der Waals surface area (Å²) in [4.78, 5) is 36.3. The SMILES string of the molecule is C=C(C)C(=O)N1CCCN1C(=O)Nc1cccc(C(=O)OCC)c1. The molecule has 7 heteroatoms. The van der Waals surface area contributed by atoms with Gasteiger partial charge in [0.25, 0.3) is 5.91 Å².